The standard InChI is InChI=1S/C14H18FNOS/c15-13-9-11(7-8-12(13)14(16)18)17-10-5-3-1-2-4-6-10/h7-10H,1-6H2,(H2,16,18). The van der Waals surface area contributed by atoms with Crippen molar-refractivity contribution in [3.05, 3.63) is 29.6 Å². The molecule has 0 atom stereocenters. The molecule has 0 aromatic heterocycles. The Morgan fingerprint density at radius 3 is 2.44 bits per heavy atom. The van der Waals surface area contributed by atoms with Gasteiger partial charge in [-0.2, -0.15) is 0 Å². The van der Waals surface area contributed by atoms with Gasteiger partial charge in [0.1, 0.15) is 16.6 Å². The van der Waals surface area contributed by atoms with Gasteiger partial charge in [0, 0.05) is 11.6 Å². The Kier molecular flexibility index (Phi) is 4.53. The fraction of sp³-hybridized carbons (Fsp3) is 0.500. The van der Waals surface area contributed by atoms with Crippen LogP contribution in [0.25, 0.3) is 0 Å². The molecular formula is C14H18FNOS. The molecule has 18 heavy (non-hydrogen) atoms. The first-order chi connectivity index (χ1) is 8.66. The Morgan fingerprint density at radius 1 is 1.22 bits per heavy atom. The zero-order chi connectivity index (χ0) is 13.0. The minimum Gasteiger partial charge on any atom is -0.490 e. The van der Waals surface area contributed by atoms with Crippen molar-refractivity contribution in [3.63, 3.8) is 0 Å². The van der Waals surface area contributed by atoms with Crippen molar-refractivity contribution in [3.8, 4) is 5.75 Å². The molecule has 2 nitrogen and oxygen atoms in total. The van der Waals surface area contributed by atoms with Gasteiger partial charge in [-0.15, -0.1) is 0 Å². The van der Waals surface area contributed by atoms with Crippen LogP contribution in [0.4, 0.5) is 4.39 Å². The van der Waals surface area contributed by atoms with Gasteiger partial charge >= 0.3 is 0 Å². The van der Waals surface area contributed by atoms with Gasteiger partial charge in [-0.1, -0.05) is 25.1 Å². The van der Waals surface area contributed by atoms with Crippen LogP contribution in [-0.2, 0) is 0 Å². The molecule has 0 bridgehead atoms. The lowest BCUT2D eigenvalue weighted by Gasteiger charge is -2.17. The first-order valence-corrected chi connectivity index (χ1v) is 6.83. The van der Waals surface area contributed by atoms with Crippen LogP contribution in [0.15, 0.2) is 18.2 Å². The first kappa shape index (κ1) is 13.3. The number of hydrogen-bond acceptors (Lipinski definition) is 2. The topological polar surface area (TPSA) is 35.2 Å². The van der Waals surface area contributed by atoms with Crippen molar-refractivity contribution in [2.24, 2.45) is 5.73 Å². The molecule has 0 unspecified atom stereocenters. The van der Waals surface area contributed by atoms with E-state index in [0.29, 0.717) is 5.75 Å². The normalized spacial score (nSPS) is 17.2. The third kappa shape index (κ3) is 3.42. The Hall–Kier alpha value is -1.16. The number of nitrogens with two attached hydrogens (primary N) is 1. The van der Waals surface area contributed by atoms with E-state index in [9.17, 15) is 4.39 Å². The third-order valence-corrected chi connectivity index (χ3v) is 3.53. The van der Waals surface area contributed by atoms with Gasteiger partial charge in [-0.3, -0.25) is 0 Å². The summed E-state index contributed by atoms with van der Waals surface area (Å²) >= 11 is 4.77. The molecule has 1 aliphatic carbocycles. The minimum absolute atomic E-state index is 0.0773. The third-order valence-electron chi connectivity index (χ3n) is 3.31. The van der Waals surface area contributed by atoms with Crippen molar-refractivity contribution >= 4 is 17.2 Å². The molecule has 4 heteroatoms. The largest absolute Gasteiger partial charge is 0.490 e. The van der Waals surface area contributed by atoms with Gasteiger partial charge in [0.2, 0.25) is 0 Å². The van der Waals surface area contributed by atoms with Crippen LogP contribution >= 0.6 is 12.2 Å². The predicted octanol–water partition coefficient (Wildman–Crippen LogP) is 3.56. The van der Waals surface area contributed by atoms with E-state index in [4.69, 9.17) is 22.7 Å². The molecule has 2 rings (SSSR count). The van der Waals surface area contributed by atoms with Crippen molar-refractivity contribution in [2.75, 3.05) is 0 Å². The highest BCUT2D eigenvalue weighted by atomic mass is 32.1. The lowest BCUT2D eigenvalue weighted by atomic mass is 10.1. The van der Waals surface area contributed by atoms with Crippen LogP contribution in [0.3, 0.4) is 0 Å². The summed E-state index contributed by atoms with van der Waals surface area (Å²) in [6, 6.07) is 4.70. The molecule has 0 heterocycles. The second kappa shape index (κ2) is 6.14. The van der Waals surface area contributed by atoms with Crippen LogP contribution in [0.1, 0.15) is 44.1 Å². The SMILES string of the molecule is NC(=S)c1ccc(OC2CCCCCC2)cc1F. The van der Waals surface area contributed by atoms with Crippen molar-refractivity contribution in [1.82, 2.24) is 0 Å². The Labute approximate surface area is 112 Å². The van der Waals surface area contributed by atoms with Gasteiger partial charge in [0.25, 0.3) is 0 Å². The maximum absolute atomic E-state index is 13.7. The Bertz CT molecular complexity index is 428. The molecule has 1 aromatic carbocycles. The second-order valence-corrected chi connectivity index (χ2v) is 5.18. The molecule has 0 amide bonds. The summed E-state index contributed by atoms with van der Waals surface area (Å²) in [4.78, 5) is 0.0773. The van der Waals surface area contributed by atoms with E-state index in [1.54, 1.807) is 12.1 Å². The number of benzene rings is 1. The van der Waals surface area contributed by atoms with Crippen LogP contribution in [0.5, 0.6) is 5.75 Å². The quantitative estimate of drug-likeness (QED) is 0.672. The zero-order valence-electron chi connectivity index (χ0n) is 10.3. The maximum atomic E-state index is 13.7. The summed E-state index contributed by atoms with van der Waals surface area (Å²) < 4.78 is 19.5. The Morgan fingerprint density at radius 2 is 1.89 bits per heavy atom. The smallest absolute Gasteiger partial charge is 0.137 e. The minimum atomic E-state index is -0.409. The van der Waals surface area contributed by atoms with E-state index >= 15 is 0 Å². The summed E-state index contributed by atoms with van der Waals surface area (Å²) in [6.45, 7) is 0. The maximum Gasteiger partial charge on any atom is 0.137 e. The highest BCUT2D eigenvalue weighted by Gasteiger charge is 2.14. The summed E-state index contributed by atoms with van der Waals surface area (Å²) in [7, 11) is 0. The van der Waals surface area contributed by atoms with E-state index in [1.165, 1.54) is 31.7 Å². The van der Waals surface area contributed by atoms with Crippen molar-refractivity contribution in [1.29, 1.82) is 0 Å². The molecule has 0 radical (unpaired) electrons. The summed E-state index contributed by atoms with van der Waals surface area (Å²) in [5.74, 6) is 0.160. The number of hydrogen-bond donors (Lipinski definition) is 1. The number of ether oxygens (including phenoxy) is 1. The van der Waals surface area contributed by atoms with Crippen LogP contribution in [0, 0.1) is 5.82 Å². The molecule has 2 N–H and O–H groups in total. The van der Waals surface area contributed by atoms with E-state index in [2.05, 4.69) is 0 Å². The van der Waals surface area contributed by atoms with Gasteiger partial charge in [-0.25, -0.2) is 4.39 Å². The average Bonchev–Trinajstić information content (AvgIpc) is 2.57. The van der Waals surface area contributed by atoms with Crippen molar-refractivity contribution < 1.29 is 9.13 Å². The van der Waals surface area contributed by atoms with E-state index < -0.39 is 5.82 Å². The number of rotatable bonds is 3. The van der Waals surface area contributed by atoms with Gasteiger partial charge < -0.3 is 10.5 Å². The zero-order valence-corrected chi connectivity index (χ0v) is 11.1. The van der Waals surface area contributed by atoms with Gasteiger partial charge in [-0.05, 0) is 37.8 Å². The van der Waals surface area contributed by atoms with E-state index in [1.807, 2.05) is 0 Å². The average molecular weight is 267 g/mol. The molecule has 1 fully saturated rings. The van der Waals surface area contributed by atoms with Crippen molar-refractivity contribution in [2.45, 2.75) is 44.6 Å². The van der Waals surface area contributed by atoms with Crippen LogP contribution < -0.4 is 10.5 Å². The summed E-state index contributed by atoms with van der Waals surface area (Å²) in [5.41, 5.74) is 5.70. The fourth-order valence-corrected chi connectivity index (χ4v) is 2.49. The monoisotopic (exact) mass is 267 g/mol. The molecule has 1 saturated carbocycles. The van der Waals surface area contributed by atoms with Crippen LogP contribution in [0.2, 0.25) is 0 Å². The second-order valence-electron chi connectivity index (χ2n) is 4.74. The molecule has 1 aliphatic rings. The van der Waals surface area contributed by atoms with E-state index in [-0.39, 0.29) is 16.7 Å². The molecule has 0 aliphatic heterocycles. The lowest BCUT2D eigenvalue weighted by molar-refractivity contribution is 0.183. The lowest BCUT2D eigenvalue weighted by Crippen LogP contribution is -2.16. The number of halogens is 1. The highest BCUT2D eigenvalue weighted by Crippen LogP contribution is 2.24. The summed E-state index contributed by atoms with van der Waals surface area (Å²) in [6.07, 6.45) is 7.25. The van der Waals surface area contributed by atoms with Gasteiger partial charge in [0.05, 0.1) is 6.10 Å². The molecule has 1 aromatic rings. The molecular weight excluding hydrogens is 249 g/mol. The number of thiocarbonyl (C=S) groups is 1. The molecule has 98 valence electrons. The fourth-order valence-electron chi connectivity index (χ4n) is 2.32. The van der Waals surface area contributed by atoms with Crippen LogP contribution in [-0.4, -0.2) is 11.1 Å². The van der Waals surface area contributed by atoms with E-state index in [0.717, 1.165) is 12.8 Å². The molecule has 0 saturated heterocycles. The predicted molar refractivity (Wildman–Crippen MR) is 74.4 cm³/mol. The highest BCUT2D eigenvalue weighted by molar-refractivity contribution is 7.80. The first-order valence-electron chi connectivity index (χ1n) is 6.43. The van der Waals surface area contributed by atoms with Gasteiger partial charge in [0.15, 0.2) is 0 Å². The summed E-state index contributed by atoms with van der Waals surface area (Å²) in [5, 5.41) is 0. The molecule has 0 spiro atoms. The Balaban J connectivity index is 2.05.